The summed E-state index contributed by atoms with van der Waals surface area (Å²) in [6.45, 7) is 3.56. The molecule has 0 fully saturated rings. The van der Waals surface area contributed by atoms with Crippen molar-refractivity contribution in [3.05, 3.63) is 35.9 Å². The molecule has 0 unspecified atom stereocenters. The Labute approximate surface area is 77.5 Å². The summed E-state index contributed by atoms with van der Waals surface area (Å²) in [7, 11) is 5.16. The summed E-state index contributed by atoms with van der Waals surface area (Å²) >= 11 is 0. The summed E-state index contributed by atoms with van der Waals surface area (Å²) in [5, 5.41) is 11.1. The number of anilines is 1. The van der Waals surface area contributed by atoms with Crippen molar-refractivity contribution in [1.82, 2.24) is 0 Å². The first-order valence-electron chi connectivity index (χ1n) is 3.65. The zero-order chi connectivity index (χ0) is 9.84. The van der Waals surface area contributed by atoms with Gasteiger partial charge in [-0.05, 0) is 17.7 Å². The summed E-state index contributed by atoms with van der Waals surface area (Å²) in [5.41, 5.74) is 1.34. The molecular weight excluding hydrogens is 165 g/mol. The Morgan fingerprint density at radius 1 is 1.62 bits per heavy atom. The van der Waals surface area contributed by atoms with Crippen LogP contribution in [-0.2, 0) is 0 Å². The average molecular weight is 173 g/mol. The summed E-state index contributed by atoms with van der Waals surface area (Å²) < 4.78 is 0. The van der Waals surface area contributed by atoms with Crippen LogP contribution in [0.15, 0.2) is 24.8 Å². The van der Waals surface area contributed by atoms with Gasteiger partial charge in [-0.25, -0.2) is 4.79 Å². The van der Waals surface area contributed by atoms with E-state index in [9.17, 15) is 4.79 Å². The number of carbonyl (C=O) groups is 1. The van der Waals surface area contributed by atoms with Crippen LogP contribution in [0.3, 0.4) is 0 Å². The lowest BCUT2D eigenvalue weighted by Gasteiger charge is -2.06. The van der Waals surface area contributed by atoms with E-state index in [-0.39, 0.29) is 5.56 Å². The molecule has 1 aromatic rings. The van der Waals surface area contributed by atoms with Crippen molar-refractivity contribution in [3.63, 3.8) is 0 Å². The number of hydrogen-bond donors (Lipinski definition) is 2. The van der Waals surface area contributed by atoms with Crippen LogP contribution in [0, 0.1) is 0 Å². The van der Waals surface area contributed by atoms with Crippen molar-refractivity contribution < 1.29 is 9.90 Å². The van der Waals surface area contributed by atoms with Gasteiger partial charge in [-0.1, -0.05) is 18.7 Å². The first-order valence-corrected chi connectivity index (χ1v) is 3.65. The predicted molar refractivity (Wildman–Crippen MR) is 52.9 cm³/mol. The summed E-state index contributed by atoms with van der Waals surface area (Å²) in [6.07, 6.45) is 1.62. The molecule has 3 nitrogen and oxygen atoms in total. The van der Waals surface area contributed by atoms with Crippen LogP contribution in [0.4, 0.5) is 5.69 Å². The Morgan fingerprint density at radius 3 is 2.77 bits per heavy atom. The lowest BCUT2D eigenvalue weighted by molar-refractivity contribution is 0.0698. The number of hydrogen-bond acceptors (Lipinski definition) is 2. The van der Waals surface area contributed by atoms with Crippen molar-refractivity contribution in [2.75, 3.05) is 5.23 Å². The van der Waals surface area contributed by atoms with E-state index in [0.717, 1.165) is 5.56 Å². The Hall–Kier alpha value is -1.71. The third kappa shape index (κ3) is 1.90. The molecule has 0 bridgehead atoms. The molecule has 1 rings (SSSR count). The largest absolute Gasteiger partial charge is 0.478 e. The monoisotopic (exact) mass is 173 g/mol. The van der Waals surface area contributed by atoms with E-state index in [4.69, 9.17) is 13.1 Å². The minimum Gasteiger partial charge on any atom is -0.478 e. The second-order valence-electron chi connectivity index (χ2n) is 2.46. The predicted octanol–water partition coefficient (Wildman–Crippen LogP) is 1.52. The molecule has 13 heavy (non-hydrogen) atoms. The van der Waals surface area contributed by atoms with Crippen LogP contribution in [0.2, 0.25) is 0 Å². The Balaban J connectivity index is 3.23. The fraction of sp³-hybridized carbons (Fsp3) is 0. The maximum atomic E-state index is 10.7. The molecule has 2 radical (unpaired) electrons. The van der Waals surface area contributed by atoms with Crippen molar-refractivity contribution in [2.45, 2.75) is 0 Å². The maximum Gasteiger partial charge on any atom is 0.337 e. The number of rotatable bonds is 3. The van der Waals surface area contributed by atoms with Gasteiger partial charge in [0.1, 0.15) is 0 Å². The van der Waals surface area contributed by atoms with Gasteiger partial charge in [-0.3, -0.25) is 0 Å². The van der Waals surface area contributed by atoms with Gasteiger partial charge in [-0.15, -0.1) is 0 Å². The fourth-order valence-electron chi connectivity index (χ4n) is 0.995. The molecule has 4 heteroatoms. The second kappa shape index (κ2) is 3.80. The first-order chi connectivity index (χ1) is 6.19. The standard InChI is InChI=1S/C9H8BNO2/c1-2-6-3-4-7(9(12)13)8(5-6)11-10/h2-5,11H,1H2,(H,12,13). The number of benzene rings is 1. The molecule has 0 saturated heterocycles. The number of carboxylic acid groups (broad SMARTS) is 1. The van der Waals surface area contributed by atoms with Crippen molar-refractivity contribution >= 4 is 25.7 Å². The Bertz CT molecular complexity index is 349. The second-order valence-corrected chi connectivity index (χ2v) is 2.46. The molecule has 0 aromatic heterocycles. The fourth-order valence-corrected chi connectivity index (χ4v) is 0.995. The van der Waals surface area contributed by atoms with Crippen LogP contribution in [0.25, 0.3) is 6.08 Å². The maximum absolute atomic E-state index is 10.7. The van der Waals surface area contributed by atoms with Gasteiger partial charge in [0.05, 0.1) is 5.56 Å². The van der Waals surface area contributed by atoms with Gasteiger partial charge >= 0.3 is 5.97 Å². The molecular formula is C9H8BNO2. The highest BCUT2D eigenvalue weighted by Crippen LogP contribution is 2.17. The molecule has 0 aliphatic carbocycles. The van der Waals surface area contributed by atoms with E-state index >= 15 is 0 Å². The van der Waals surface area contributed by atoms with E-state index in [2.05, 4.69) is 11.8 Å². The summed E-state index contributed by atoms with van der Waals surface area (Å²) in [4.78, 5) is 10.7. The minimum atomic E-state index is -1.01. The van der Waals surface area contributed by atoms with E-state index in [1.54, 1.807) is 18.2 Å². The van der Waals surface area contributed by atoms with Gasteiger partial charge in [-0.2, -0.15) is 0 Å². The average Bonchev–Trinajstić information content (AvgIpc) is 2.16. The third-order valence-corrected chi connectivity index (χ3v) is 1.67. The molecule has 64 valence electrons. The molecule has 0 amide bonds. The van der Waals surface area contributed by atoms with Gasteiger partial charge in [0.2, 0.25) is 7.98 Å². The Kier molecular flexibility index (Phi) is 2.74. The van der Waals surface area contributed by atoms with Gasteiger partial charge in [0, 0.05) is 5.69 Å². The van der Waals surface area contributed by atoms with E-state index < -0.39 is 5.97 Å². The van der Waals surface area contributed by atoms with Crippen LogP contribution >= 0.6 is 0 Å². The van der Waals surface area contributed by atoms with Crippen LogP contribution in [0.1, 0.15) is 15.9 Å². The van der Waals surface area contributed by atoms with Crippen molar-refractivity contribution in [3.8, 4) is 0 Å². The van der Waals surface area contributed by atoms with Gasteiger partial charge in [0.25, 0.3) is 0 Å². The minimum absolute atomic E-state index is 0.146. The van der Waals surface area contributed by atoms with E-state index in [1.807, 2.05) is 0 Å². The number of carboxylic acids is 1. The zero-order valence-corrected chi connectivity index (χ0v) is 6.95. The molecule has 0 spiro atoms. The molecule has 0 heterocycles. The molecule has 0 aliphatic heterocycles. The van der Waals surface area contributed by atoms with Crippen LogP contribution < -0.4 is 5.23 Å². The third-order valence-electron chi connectivity index (χ3n) is 1.67. The van der Waals surface area contributed by atoms with Gasteiger partial charge in [0.15, 0.2) is 0 Å². The van der Waals surface area contributed by atoms with Crippen molar-refractivity contribution in [2.24, 2.45) is 0 Å². The normalized spacial score (nSPS) is 9.23. The molecule has 0 atom stereocenters. The number of aromatic carboxylic acids is 1. The topological polar surface area (TPSA) is 49.3 Å². The molecule has 0 saturated carbocycles. The molecule has 1 aromatic carbocycles. The smallest absolute Gasteiger partial charge is 0.337 e. The molecule has 2 N–H and O–H groups in total. The van der Waals surface area contributed by atoms with Gasteiger partial charge < -0.3 is 10.3 Å². The van der Waals surface area contributed by atoms with E-state index in [0.29, 0.717) is 5.69 Å². The SMILES string of the molecule is [B]Nc1cc(C=C)ccc1C(=O)O. The van der Waals surface area contributed by atoms with Crippen LogP contribution in [-0.4, -0.2) is 19.1 Å². The van der Waals surface area contributed by atoms with E-state index in [1.165, 1.54) is 6.07 Å². The number of nitrogens with one attached hydrogen (secondary N) is 1. The quantitative estimate of drug-likeness (QED) is 0.681. The van der Waals surface area contributed by atoms with Crippen molar-refractivity contribution in [1.29, 1.82) is 0 Å². The molecule has 0 aliphatic rings. The highest BCUT2D eigenvalue weighted by atomic mass is 16.4. The lowest BCUT2D eigenvalue weighted by Crippen LogP contribution is -2.03. The lowest BCUT2D eigenvalue weighted by atomic mass is 10.1. The first kappa shape index (κ1) is 9.38. The highest BCUT2D eigenvalue weighted by Gasteiger charge is 2.07. The Morgan fingerprint density at radius 2 is 2.31 bits per heavy atom. The highest BCUT2D eigenvalue weighted by molar-refractivity contribution is 6.17. The summed E-state index contributed by atoms with van der Waals surface area (Å²) in [6, 6.07) is 4.77. The zero-order valence-electron chi connectivity index (χ0n) is 6.95. The van der Waals surface area contributed by atoms with Crippen LogP contribution in [0.5, 0.6) is 0 Å². The summed E-state index contributed by atoms with van der Waals surface area (Å²) in [5.74, 6) is -1.01.